The number of piperidine rings is 1. The quantitative estimate of drug-likeness (QED) is 0.852. The van der Waals surface area contributed by atoms with Crippen LogP contribution in [-0.2, 0) is 6.54 Å². The summed E-state index contributed by atoms with van der Waals surface area (Å²) in [5.74, 6) is 1.65. The van der Waals surface area contributed by atoms with Gasteiger partial charge in [-0.15, -0.1) is 0 Å². The number of likely N-dealkylation sites (tertiary alicyclic amines) is 1. The minimum absolute atomic E-state index is 0.509. The van der Waals surface area contributed by atoms with Crippen LogP contribution in [0, 0.1) is 0 Å². The lowest BCUT2D eigenvalue weighted by molar-refractivity contribution is 0.183. The summed E-state index contributed by atoms with van der Waals surface area (Å²) in [6.45, 7) is 4.62. The van der Waals surface area contributed by atoms with Gasteiger partial charge in [-0.3, -0.25) is 9.88 Å². The molecule has 0 aliphatic carbocycles. The van der Waals surface area contributed by atoms with E-state index in [1.54, 1.807) is 7.11 Å². The number of rotatable bonds is 6. The molecular formula is C22H27N3O2. The van der Waals surface area contributed by atoms with Gasteiger partial charge >= 0.3 is 0 Å². The van der Waals surface area contributed by atoms with Crippen molar-refractivity contribution >= 4 is 6.08 Å². The number of hydrogen-bond donors (Lipinski definition) is 1. The summed E-state index contributed by atoms with van der Waals surface area (Å²) in [7, 11) is 1.68. The van der Waals surface area contributed by atoms with Gasteiger partial charge in [-0.25, -0.2) is 0 Å². The highest BCUT2D eigenvalue weighted by molar-refractivity contribution is 5.66. The Balaban J connectivity index is 1.32. The third kappa shape index (κ3) is 4.49. The number of ether oxygens (including phenoxy) is 2. The van der Waals surface area contributed by atoms with E-state index >= 15 is 0 Å². The van der Waals surface area contributed by atoms with E-state index in [0.717, 1.165) is 48.9 Å². The summed E-state index contributed by atoms with van der Waals surface area (Å²) in [5, 5.41) is 3.72. The van der Waals surface area contributed by atoms with Crippen molar-refractivity contribution in [3.8, 4) is 11.5 Å². The molecule has 0 radical (unpaired) electrons. The van der Waals surface area contributed by atoms with Gasteiger partial charge in [-0.1, -0.05) is 18.2 Å². The molecule has 142 valence electrons. The molecular weight excluding hydrogens is 338 g/mol. The van der Waals surface area contributed by atoms with Crippen LogP contribution in [0.15, 0.2) is 48.2 Å². The fourth-order valence-electron chi connectivity index (χ4n) is 3.85. The molecule has 0 bridgehead atoms. The van der Waals surface area contributed by atoms with Gasteiger partial charge in [0.15, 0.2) is 11.5 Å². The van der Waals surface area contributed by atoms with Crippen molar-refractivity contribution in [1.29, 1.82) is 0 Å². The predicted octanol–water partition coefficient (Wildman–Crippen LogP) is 3.12. The van der Waals surface area contributed by atoms with Crippen LogP contribution in [0.25, 0.3) is 6.08 Å². The van der Waals surface area contributed by atoms with E-state index in [9.17, 15) is 0 Å². The van der Waals surface area contributed by atoms with Crippen LogP contribution >= 0.6 is 0 Å². The Labute approximate surface area is 161 Å². The number of nitrogens with one attached hydrogen (secondary N) is 1. The molecule has 1 atom stereocenters. The summed E-state index contributed by atoms with van der Waals surface area (Å²) in [6, 6.07) is 12.7. The monoisotopic (exact) mass is 365 g/mol. The van der Waals surface area contributed by atoms with E-state index in [-0.39, 0.29) is 0 Å². The second-order valence-corrected chi connectivity index (χ2v) is 7.25. The summed E-state index contributed by atoms with van der Waals surface area (Å²) in [6.07, 6.45) is 6.54. The highest BCUT2D eigenvalue weighted by Gasteiger charge is 2.21. The minimum Gasteiger partial charge on any atom is -0.493 e. The van der Waals surface area contributed by atoms with E-state index < -0.39 is 0 Å². The maximum atomic E-state index is 5.95. The molecule has 0 saturated carbocycles. The molecule has 1 saturated heterocycles. The van der Waals surface area contributed by atoms with Gasteiger partial charge in [0.25, 0.3) is 0 Å². The number of benzene rings is 1. The van der Waals surface area contributed by atoms with E-state index in [2.05, 4.69) is 39.5 Å². The number of aromatic nitrogens is 1. The zero-order valence-corrected chi connectivity index (χ0v) is 15.9. The van der Waals surface area contributed by atoms with Crippen molar-refractivity contribution < 1.29 is 9.47 Å². The fraction of sp³-hybridized carbons (Fsp3) is 0.409. The van der Waals surface area contributed by atoms with Gasteiger partial charge in [0.1, 0.15) is 6.61 Å². The first-order valence-electron chi connectivity index (χ1n) is 9.67. The molecule has 5 heteroatoms. The molecule has 1 fully saturated rings. The first kappa shape index (κ1) is 18.0. The van der Waals surface area contributed by atoms with Crippen molar-refractivity contribution in [2.75, 3.05) is 33.4 Å². The molecule has 5 nitrogen and oxygen atoms in total. The van der Waals surface area contributed by atoms with Crippen LogP contribution in [0.5, 0.6) is 11.5 Å². The smallest absolute Gasteiger partial charge is 0.168 e. The van der Waals surface area contributed by atoms with Crippen LogP contribution < -0.4 is 14.8 Å². The third-order valence-electron chi connectivity index (χ3n) is 5.23. The molecule has 0 amide bonds. The zero-order valence-electron chi connectivity index (χ0n) is 15.9. The SMILES string of the molecule is COc1cccc2c1OCC(CNC1CCCN(Cc3ccccn3)C1)=C2. The molecule has 2 aromatic rings. The molecule has 0 spiro atoms. The summed E-state index contributed by atoms with van der Waals surface area (Å²) in [4.78, 5) is 6.95. The van der Waals surface area contributed by atoms with E-state index in [1.807, 2.05) is 24.4 Å². The summed E-state index contributed by atoms with van der Waals surface area (Å²) < 4.78 is 11.3. The minimum atomic E-state index is 0.509. The van der Waals surface area contributed by atoms with E-state index in [4.69, 9.17) is 9.47 Å². The zero-order chi connectivity index (χ0) is 18.5. The Morgan fingerprint density at radius 2 is 2.22 bits per heavy atom. The number of fused-ring (bicyclic) bond motifs is 1. The first-order chi connectivity index (χ1) is 13.3. The molecule has 1 aromatic carbocycles. The molecule has 4 rings (SSSR count). The second-order valence-electron chi connectivity index (χ2n) is 7.25. The summed E-state index contributed by atoms with van der Waals surface area (Å²) in [5.41, 5.74) is 3.52. The molecule has 3 heterocycles. The van der Waals surface area contributed by atoms with Crippen molar-refractivity contribution in [1.82, 2.24) is 15.2 Å². The van der Waals surface area contributed by atoms with Gasteiger partial charge in [0, 0.05) is 37.4 Å². The average molecular weight is 365 g/mol. The number of hydrogen-bond acceptors (Lipinski definition) is 5. The normalized spacial score (nSPS) is 19.7. The van der Waals surface area contributed by atoms with Crippen molar-refractivity contribution in [2.24, 2.45) is 0 Å². The van der Waals surface area contributed by atoms with Crippen LogP contribution in [-0.4, -0.2) is 49.3 Å². The van der Waals surface area contributed by atoms with Gasteiger partial charge in [-0.2, -0.15) is 0 Å². The molecule has 1 unspecified atom stereocenters. The number of nitrogens with zero attached hydrogens (tertiary/aromatic N) is 2. The van der Waals surface area contributed by atoms with Crippen LogP contribution in [0.1, 0.15) is 24.1 Å². The molecule has 1 N–H and O–H groups in total. The Kier molecular flexibility index (Phi) is 5.70. The Morgan fingerprint density at radius 3 is 3.07 bits per heavy atom. The van der Waals surface area contributed by atoms with Crippen molar-refractivity contribution in [2.45, 2.75) is 25.4 Å². The largest absolute Gasteiger partial charge is 0.493 e. The van der Waals surface area contributed by atoms with Gasteiger partial charge in [0.05, 0.1) is 12.8 Å². The summed E-state index contributed by atoms with van der Waals surface area (Å²) >= 11 is 0. The maximum absolute atomic E-state index is 5.95. The van der Waals surface area contributed by atoms with Crippen molar-refractivity contribution in [3.05, 3.63) is 59.4 Å². The van der Waals surface area contributed by atoms with Crippen LogP contribution in [0.2, 0.25) is 0 Å². The Hall–Kier alpha value is -2.37. The molecule has 27 heavy (non-hydrogen) atoms. The Bertz CT molecular complexity index is 791. The van der Waals surface area contributed by atoms with E-state index in [1.165, 1.54) is 18.4 Å². The number of pyridine rings is 1. The molecule has 2 aliphatic heterocycles. The highest BCUT2D eigenvalue weighted by atomic mass is 16.5. The molecule has 1 aromatic heterocycles. The first-order valence-corrected chi connectivity index (χ1v) is 9.67. The standard InChI is InChI=1S/C22H27N3O2/c1-26-21-9-4-6-18-12-17(16-27-22(18)21)13-24-20-8-5-11-25(15-20)14-19-7-2-3-10-23-19/h2-4,6-7,9-10,12,20,24H,5,8,11,13-16H2,1H3. The lowest BCUT2D eigenvalue weighted by Crippen LogP contribution is -2.46. The Morgan fingerprint density at radius 1 is 1.26 bits per heavy atom. The predicted molar refractivity (Wildman–Crippen MR) is 107 cm³/mol. The van der Waals surface area contributed by atoms with E-state index in [0.29, 0.717) is 12.6 Å². The van der Waals surface area contributed by atoms with Gasteiger partial charge in [-0.05, 0) is 49.2 Å². The highest BCUT2D eigenvalue weighted by Crippen LogP contribution is 2.35. The topological polar surface area (TPSA) is 46.6 Å². The fourth-order valence-corrected chi connectivity index (χ4v) is 3.85. The lowest BCUT2D eigenvalue weighted by Gasteiger charge is -2.33. The van der Waals surface area contributed by atoms with Gasteiger partial charge in [0.2, 0.25) is 0 Å². The number of para-hydroxylation sites is 1. The van der Waals surface area contributed by atoms with Crippen LogP contribution in [0.3, 0.4) is 0 Å². The van der Waals surface area contributed by atoms with Crippen molar-refractivity contribution in [3.63, 3.8) is 0 Å². The second kappa shape index (κ2) is 8.55. The third-order valence-corrected chi connectivity index (χ3v) is 5.23. The maximum Gasteiger partial charge on any atom is 0.168 e. The number of methoxy groups -OCH3 is 1. The lowest BCUT2D eigenvalue weighted by atomic mass is 10.0. The molecule has 2 aliphatic rings. The average Bonchev–Trinajstić information content (AvgIpc) is 2.72. The van der Waals surface area contributed by atoms with Gasteiger partial charge < -0.3 is 14.8 Å². The van der Waals surface area contributed by atoms with Crippen LogP contribution in [0.4, 0.5) is 0 Å².